The summed E-state index contributed by atoms with van der Waals surface area (Å²) in [4.78, 5) is 10.7. The molecule has 1 aliphatic rings. The topological polar surface area (TPSA) is 61.0 Å². The van der Waals surface area contributed by atoms with Crippen LogP contribution in [0.2, 0.25) is 0 Å². The van der Waals surface area contributed by atoms with E-state index < -0.39 is 0 Å². The molecule has 1 fully saturated rings. The molecule has 0 saturated heterocycles. The molecule has 0 radical (unpaired) electrons. The molecule has 0 unspecified atom stereocenters. The third-order valence-corrected chi connectivity index (χ3v) is 4.93. The smallest absolute Gasteiger partial charge is 0.262 e. The summed E-state index contributed by atoms with van der Waals surface area (Å²) in [6.45, 7) is 4.24. The first-order chi connectivity index (χ1) is 8.99. The number of hydrogen-bond donors (Lipinski definition) is 1. The quantitative estimate of drug-likeness (QED) is 0.524. The average molecular weight is 283 g/mol. The lowest BCUT2D eigenvalue weighted by atomic mass is 9.75. The fraction of sp³-hybridized carbons (Fsp3) is 0.769. The van der Waals surface area contributed by atoms with E-state index in [2.05, 4.69) is 17.7 Å². The Labute approximate surface area is 118 Å². The Hall–Kier alpha value is -1.04. The third-order valence-electron chi connectivity index (χ3n) is 4.26. The molecule has 0 N–H and O–H groups in total. The van der Waals surface area contributed by atoms with Gasteiger partial charge >= 0.3 is 5.69 Å². The number of aromatic nitrogens is 2. The summed E-state index contributed by atoms with van der Waals surface area (Å²) in [7, 11) is 0. The Bertz CT molecular complexity index is 478. The molecule has 0 aliphatic heterocycles. The maximum Gasteiger partial charge on any atom is 0.312 e. The fourth-order valence-corrected chi connectivity index (χ4v) is 3.51. The predicted octanol–water partition coefficient (Wildman–Crippen LogP) is 3.29. The minimum atomic E-state index is -0.331. The van der Waals surface area contributed by atoms with Crippen LogP contribution in [0.25, 0.3) is 0 Å². The Morgan fingerprint density at radius 2 is 2.00 bits per heavy atom. The molecule has 19 heavy (non-hydrogen) atoms. The molecule has 0 atom stereocenters. The van der Waals surface area contributed by atoms with Crippen LogP contribution in [0.3, 0.4) is 0 Å². The van der Waals surface area contributed by atoms with E-state index in [-0.39, 0.29) is 16.0 Å². The summed E-state index contributed by atoms with van der Waals surface area (Å²) in [5, 5.41) is 15.4. The maximum absolute atomic E-state index is 11.0. The first kappa shape index (κ1) is 14.4. The van der Waals surface area contributed by atoms with Crippen molar-refractivity contribution in [2.75, 3.05) is 5.75 Å². The van der Waals surface area contributed by atoms with Gasteiger partial charge in [-0.3, -0.25) is 14.8 Å². The van der Waals surface area contributed by atoms with Crippen molar-refractivity contribution in [2.45, 2.75) is 52.5 Å². The zero-order valence-corrected chi connectivity index (χ0v) is 12.4. The SMILES string of the molecule is Cc1nn(CC2(CS)CCCCC2)c(C)c1[N+](=O)[O-]. The summed E-state index contributed by atoms with van der Waals surface area (Å²) in [6, 6.07) is 0. The number of hydrogen-bond acceptors (Lipinski definition) is 4. The molecular formula is C13H21N3O2S. The Morgan fingerprint density at radius 3 is 2.47 bits per heavy atom. The standard InChI is InChI=1S/C13H21N3O2S/c1-10-12(16(17)18)11(2)15(14-10)8-13(9-19)6-4-3-5-7-13/h19H,3-9H2,1-2H3. The lowest BCUT2D eigenvalue weighted by Gasteiger charge is -2.36. The van der Waals surface area contributed by atoms with Gasteiger partial charge in [0.1, 0.15) is 11.4 Å². The van der Waals surface area contributed by atoms with Gasteiger partial charge in [-0.05, 0) is 37.9 Å². The van der Waals surface area contributed by atoms with Gasteiger partial charge in [-0.25, -0.2) is 0 Å². The number of nitro groups is 1. The van der Waals surface area contributed by atoms with Crippen molar-refractivity contribution in [3.05, 3.63) is 21.5 Å². The molecule has 1 heterocycles. The molecule has 1 aromatic rings. The normalized spacial score (nSPS) is 18.5. The number of aryl methyl sites for hydroxylation is 1. The molecule has 1 saturated carbocycles. The van der Waals surface area contributed by atoms with Gasteiger partial charge in [-0.15, -0.1) is 0 Å². The van der Waals surface area contributed by atoms with E-state index in [0.29, 0.717) is 11.4 Å². The highest BCUT2D eigenvalue weighted by molar-refractivity contribution is 7.80. The van der Waals surface area contributed by atoms with Gasteiger partial charge in [-0.2, -0.15) is 17.7 Å². The average Bonchev–Trinajstić information content (AvgIpc) is 2.65. The van der Waals surface area contributed by atoms with E-state index in [0.717, 1.165) is 25.1 Å². The van der Waals surface area contributed by atoms with Gasteiger partial charge in [0.15, 0.2) is 0 Å². The van der Waals surface area contributed by atoms with Crippen molar-refractivity contribution in [3.63, 3.8) is 0 Å². The van der Waals surface area contributed by atoms with Gasteiger partial charge in [0.05, 0.1) is 4.92 Å². The number of thiol groups is 1. The minimum Gasteiger partial charge on any atom is -0.262 e. The first-order valence-corrected chi connectivity index (χ1v) is 7.42. The highest BCUT2D eigenvalue weighted by atomic mass is 32.1. The first-order valence-electron chi connectivity index (χ1n) is 6.78. The summed E-state index contributed by atoms with van der Waals surface area (Å²) in [6.07, 6.45) is 6.02. The predicted molar refractivity (Wildman–Crippen MR) is 77.7 cm³/mol. The molecule has 106 valence electrons. The maximum atomic E-state index is 11.0. The van der Waals surface area contributed by atoms with Crippen molar-refractivity contribution in [1.82, 2.24) is 9.78 Å². The number of nitrogens with zero attached hydrogens (tertiary/aromatic N) is 3. The zero-order valence-electron chi connectivity index (χ0n) is 11.6. The summed E-state index contributed by atoms with van der Waals surface area (Å²) in [5.41, 5.74) is 1.48. The van der Waals surface area contributed by atoms with E-state index in [1.54, 1.807) is 13.8 Å². The molecular weight excluding hydrogens is 262 g/mol. The Balaban J connectivity index is 2.27. The van der Waals surface area contributed by atoms with Crippen molar-refractivity contribution in [2.24, 2.45) is 5.41 Å². The van der Waals surface area contributed by atoms with Crippen LogP contribution in [0.1, 0.15) is 43.5 Å². The van der Waals surface area contributed by atoms with Crippen molar-refractivity contribution in [3.8, 4) is 0 Å². The Kier molecular flexibility index (Phi) is 4.18. The second-order valence-corrected chi connectivity index (χ2v) is 5.97. The molecule has 0 amide bonds. The van der Waals surface area contributed by atoms with Gasteiger partial charge in [-0.1, -0.05) is 19.3 Å². The van der Waals surface area contributed by atoms with E-state index in [1.165, 1.54) is 19.3 Å². The molecule has 6 heteroatoms. The summed E-state index contributed by atoms with van der Waals surface area (Å²) >= 11 is 4.51. The van der Waals surface area contributed by atoms with Gasteiger partial charge in [0.25, 0.3) is 0 Å². The molecule has 0 bridgehead atoms. The van der Waals surface area contributed by atoms with Crippen LogP contribution in [0, 0.1) is 29.4 Å². The highest BCUT2D eigenvalue weighted by Gasteiger charge is 2.33. The van der Waals surface area contributed by atoms with Crippen LogP contribution in [0.5, 0.6) is 0 Å². The summed E-state index contributed by atoms with van der Waals surface area (Å²) in [5.74, 6) is 0.819. The molecule has 1 aromatic heterocycles. The molecule has 2 rings (SSSR count). The van der Waals surface area contributed by atoms with Crippen LogP contribution >= 0.6 is 12.6 Å². The molecule has 0 aromatic carbocycles. The summed E-state index contributed by atoms with van der Waals surface area (Å²) < 4.78 is 1.81. The van der Waals surface area contributed by atoms with Gasteiger partial charge < -0.3 is 0 Å². The molecule has 1 aliphatic carbocycles. The van der Waals surface area contributed by atoms with Crippen LogP contribution in [-0.4, -0.2) is 20.5 Å². The molecule has 0 spiro atoms. The largest absolute Gasteiger partial charge is 0.312 e. The van der Waals surface area contributed by atoms with Crippen molar-refractivity contribution >= 4 is 18.3 Å². The Morgan fingerprint density at radius 1 is 1.37 bits per heavy atom. The van der Waals surface area contributed by atoms with Crippen LogP contribution in [-0.2, 0) is 6.54 Å². The zero-order chi connectivity index (χ0) is 14.0. The second kappa shape index (κ2) is 5.53. The fourth-order valence-electron chi connectivity index (χ4n) is 3.09. The monoisotopic (exact) mass is 283 g/mol. The van der Waals surface area contributed by atoms with E-state index in [4.69, 9.17) is 0 Å². The van der Waals surface area contributed by atoms with Crippen LogP contribution < -0.4 is 0 Å². The van der Waals surface area contributed by atoms with Crippen LogP contribution in [0.15, 0.2) is 0 Å². The van der Waals surface area contributed by atoms with E-state index in [9.17, 15) is 10.1 Å². The van der Waals surface area contributed by atoms with Gasteiger partial charge in [0.2, 0.25) is 0 Å². The number of rotatable bonds is 4. The second-order valence-electron chi connectivity index (χ2n) is 5.65. The third kappa shape index (κ3) is 2.78. The van der Waals surface area contributed by atoms with E-state index >= 15 is 0 Å². The minimum absolute atomic E-state index is 0.151. The van der Waals surface area contributed by atoms with Gasteiger partial charge in [0, 0.05) is 6.54 Å². The highest BCUT2D eigenvalue weighted by Crippen LogP contribution is 2.39. The van der Waals surface area contributed by atoms with Crippen molar-refractivity contribution < 1.29 is 4.92 Å². The lowest BCUT2D eigenvalue weighted by Crippen LogP contribution is -2.32. The molecule has 5 nitrogen and oxygen atoms in total. The van der Waals surface area contributed by atoms with E-state index in [1.807, 2.05) is 4.68 Å². The van der Waals surface area contributed by atoms with Crippen LogP contribution in [0.4, 0.5) is 5.69 Å². The van der Waals surface area contributed by atoms with Crippen molar-refractivity contribution in [1.29, 1.82) is 0 Å². The lowest BCUT2D eigenvalue weighted by molar-refractivity contribution is -0.386.